The third-order valence-corrected chi connectivity index (χ3v) is 5.52. The Kier molecular flexibility index (Phi) is 9.39. The molecule has 1 rings (SSSR count). The second kappa shape index (κ2) is 10.8. The molecule has 0 amide bonds. The highest BCUT2D eigenvalue weighted by Crippen LogP contribution is 2.20. The Hall–Kier alpha value is -1.64. The third kappa shape index (κ3) is 9.52. The van der Waals surface area contributed by atoms with E-state index in [2.05, 4.69) is 10.0 Å². The van der Waals surface area contributed by atoms with E-state index in [9.17, 15) is 8.42 Å². The van der Waals surface area contributed by atoms with E-state index in [1.165, 1.54) is 12.1 Å². The van der Waals surface area contributed by atoms with Crippen molar-refractivity contribution in [3.63, 3.8) is 0 Å². The van der Waals surface area contributed by atoms with Crippen LogP contribution < -0.4 is 0 Å². The molecule has 1 aromatic rings. The fourth-order valence-corrected chi connectivity index (χ4v) is 3.21. The summed E-state index contributed by atoms with van der Waals surface area (Å²) in [5.41, 5.74) is 8.43. The van der Waals surface area contributed by atoms with Crippen molar-refractivity contribution in [2.45, 2.75) is 63.6 Å². The Morgan fingerprint density at radius 3 is 2.14 bits per heavy atom. The van der Waals surface area contributed by atoms with Crippen molar-refractivity contribution in [3.8, 4) is 0 Å². The molecule has 0 bridgehead atoms. The molecule has 0 N–H and O–H groups in total. The van der Waals surface area contributed by atoms with E-state index in [1.54, 1.807) is 12.1 Å². The predicted molar refractivity (Wildman–Crippen MR) is 108 cm³/mol. The summed E-state index contributed by atoms with van der Waals surface area (Å²) in [6.07, 6.45) is 1.26. The molecule has 158 valence electrons. The van der Waals surface area contributed by atoms with Crippen LogP contribution in [-0.2, 0) is 23.8 Å². The van der Waals surface area contributed by atoms with Gasteiger partial charge in [-0.25, -0.2) is 0 Å². The monoisotopic (exact) mass is 413 g/mol. The second-order valence-corrected chi connectivity index (χ2v) is 9.38. The van der Waals surface area contributed by atoms with Crippen LogP contribution in [0.4, 0.5) is 0 Å². The van der Waals surface area contributed by atoms with Gasteiger partial charge in [-0.2, -0.15) is 8.42 Å². The molecule has 0 atom stereocenters. The summed E-state index contributed by atoms with van der Waals surface area (Å²) < 4.78 is 40.9. The van der Waals surface area contributed by atoms with Crippen LogP contribution in [-0.4, -0.2) is 46.0 Å². The summed E-state index contributed by atoms with van der Waals surface area (Å²) >= 11 is 0. The highest BCUT2D eigenvalue weighted by Gasteiger charge is 2.23. The highest BCUT2D eigenvalue weighted by atomic mass is 32.2. The van der Waals surface area contributed by atoms with Gasteiger partial charge < -0.3 is 9.47 Å². The van der Waals surface area contributed by atoms with E-state index >= 15 is 0 Å². The standard InChI is InChI=1S/C19H31N3O5S/c1-16-6-8-17(9-7-16)28(23,24)27-15-14-26-19(4,5)11-13-25-18(2,3)10-12-21-22-20/h6-9H,10-15H2,1-5H3. The van der Waals surface area contributed by atoms with Crippen molar-refractivity contribution in [2.75, 3.05) is 26.4 Å². The minimum atomic E-state index is -3.78. The van der Waals surface area contributed by atoms with Gasteiger partial charge in [0.05, 0.1) is 35.9 Å². The van der Waals surface area contributed by atoms with Crippen LogP contribution >= 0.6 is 0 Å². The molecule has 0 spiro atoms. The Balaban J connectivity index is 2.35. The maximum atomic E-state index is 12.1. The lowest BCUT2D eigenvalue weighted by Gasteiger charge is -2.29. The van der Waals surface area contributed by atoms with Crippen molar-refractivity contribution >= 4 is 10.1 Å². The van der Waals surface area contributed by atoms with E-state index in [4.69, 9.17) is 19.2 Å². The lowest BCUT2D eigenvalue weighted by molar-refractivity contribution is -0.0776. The van der Waals surface area contributed by atoms with Crippen LogP contribution in [0.5, 0.6) is 0 Å². The summed E-state index contributed by atoms with van der Waals surface area (Å²) in [5.74, 6) is 0. The number of rotatable bonds is 13. The molecule has 0 aliphatic carbocycles. The number of ether oxygens (including phenoxy) is 2. The van der Waals surface area contributed by atoms with Crippen molar-refractivity contribution in [1.82, 2.24) is 0 Å². The molecule has 28 heavy (non-hydrogen) atoms. The van der Waals surface area contributed by atoms with Gasteiger partial charge in [0.25, 0.3) is 10.1 Å². The van der Waals surface area contributed by atoms with Gasteiger partial charge in [0.1, 0.15) is 0 Å². The van der Waals surface area contributed by atoms with Crippen molar-refractivity contribution < 1.29 is 22.1 Å². The van der Waals surface area contributed by atoms with Gasteiger partial charge >= 0.3 is 0 Å². The molecule has 0 saturated heterocycles. The average Bonchev–Trinajstić information content (AvgIpc) is 2.59. The van der Waals surface area contributed by atoms with Crippen LogP contribution in [0.25, 0.3) is 10.4 Å². The number of hydrogen-bond donors (Lipinski definition) is 0. The molecule has 0 aliphatic heterocycles. The van der Waals surface area contributed by atoms with E-state index in [0.717, 1.165) is 5.56 Å². The van der Waals surface area contributed by atoms with Crippen molar-refractivity contribution in [1.29, 1.82) is 0 Å². The molecular formula is C19H31N3O5S. The Morgan fingerprint density at radius 1 is 0.964 bits per heavy atom. The van der Waals surface area contributed by atoms with Crippen LogP contribution in [0, 0.1) is 6.92 Å². The fraction of sp³-hybridized carbons (Fsp3) is 0.684. The summed E-state index contributed by atoms with van der Waals surface area (Å²) in [6.45, 7) is 10.6. The van der Waals surface area contributed by atoms with Gasteiger partial charge in [-0.3, -0.25) is 4.18 Å². The largest absolute Gasteiger partial charge is 0.375 e. The predicted octanol–water partition coefficient (Wildman–Crippen LogP) is 4.38. The first-order valence-electron chi connectivity index (χ1n) is 9.22. The number of azide groups is 1. The molecule has 0 unspecified atom stereocenters. The van der Waals surface area contributed by atoms with Gasteiger partial charge in [0, 0.05) is 11.5 Å². The summed E-state index contributed by atoms with van der Waals surface area (Å²) in [4.78, 5) is 2.87. The van der Waals surface area contributed by atoms with E-state index in [0.29, 0.717) is 26.0 Å². The van der Waals surface area contributed by atoms with Crippen LogP contribution in [0.15, 0.2) is 34.3 Å². The van der Waals surface area contributed by atoms with E-state index < -0.39 is 21.3 Å². The van der Waals surface area contributed by atoms with Crippen molar-refractivity contribution in [2.24, 2.45) is 5.11 Å². The number of hydrogen-bond acceptors (Lipinski definition) is 6. The Morgan fingerprint density at radius 2 is 1.54 bits per heavy atom. The number of benzene rings is 1. The molecule has 0 radical (unpaired) electrons. The topological polar surface area (TPSA) is 111 Å². The zero-order chi connectivity index (χ0) is 21.3. The van der Waals surface area contributed by atoms with E-state index in [-0.39, 0.29) is 18.1 Å². The molecule has 0 aromatic heterocycles. The molecule has 0 saturated carbocycles. The molecule has 0 aliphatic rings. The summed E-state index contributed by atoms with van der Waals surface area (Å²) in [6, 6.07) is 6.50. The first kappa shape index (κ1) is 24.4. The zero-order valence-electron chi connectivity index (χ0n) is 17.3. The van der Waals surface area contributed by atoms with Crippen LogP contribution in [0.3, 0.4) is 0 Å². The Bertz CT molecular complexity index is 754. The molecule has 0 fully saturated rings. The molecule has 8 nitrogen and oxygen atoms in total. The van der Waals surface area contributed by atoms with Crippen LogP contribution in [0.2, 0.25) is 0 Å². The van der Waals surface area contributed by atoms with Crippen LogP contribution in [0.1, 0.15) is 46.1 Å². The molecule has 0 heterocycles. The van der Waals surface area contributed by atoms with E-state index in [1.807, 2.05) is 34.6 Å². The fourth-order valence-electron chi connectivity index (χ4n) is 2.32. The minimum Gasteiger partial charge on any atom is -0.375 e. The first-order valence-corrected chi connectivity index (χ1v) is 10.6. The van der Waals surface area contributed by atoms with Gasteiger partial charge in [-0.15, -0.1) is 0 Å². The second-order valence-electron chi connectivity index (χ2n) is 7.76. The number of nitrogens with zero attached hydrogens (tertiary/aromatic N) is 3. The lowest BCUT2D eigenvalue weighted by Crippen LogP contribution is -2.32. The maximum absolute atomic E-state index is 12.1. The minimum absolute atomic E-state index is 0.0574. The maximum Gasteiger partial charge on any atom is 0.297 e. The normalized spacial score (nSPS) is 12.6. The highest BCUT2D eigenvalue weighted by molar-refractivity contribution is 7.86. The van der Waals surface area contributed by atoms with Gasteiger partial charge in [-0.05, 0) is 65.1 Å². The quantitative estimate of drug-likeness (QED) is 0.157. The first-order chi connectivity index (χ1) is 13.0. The van der Waals surface area contributed by atoms with Crippen molar-refractivity contribution in [3.05, 3.63) is 40.3 Å². The summed E-state index contributed by atoms with van der Waals surface area (Å²) in [7, 11) is -3.78. The van der Waals surface area contributed by atoms with Gasteiger partial charge in [0.2, 0.25) is 0 Å². The molecule has 1 aromatic carbocycles. The summed E-state index contributed by atoms with van der Waals surface area (Å²) in [5, 5.41) is 3.52. The molecule has 9 heteroatoms. The lowest BCUT2D eigenvalue weighted by atomic mass is 10.0. The smallest absolute Gasteiger partial charge is 0.297 e. The average molecular weight is 414 g/mol. The zero-order valence-corrected chi connectivity index (χ0v) is 18.2. The SMILES string of the molecule is Cc1ccc(S(=O)(=O)OCCOC(C)(C)CCOC(C)(C)CCN=[N+]=[N-])cc1. The number of aryl methyl sites for hydroxylation is 1. The van der Waals surface area contributed by atoms with Gasteiger partial charge in [-0.1, -0.05) is 22.8 Å². The molecular weight excluding hydrogens is 382 g/mol. The van der Waals surface area contributed by atoms with Gasteiger partial charge in [0.15, 0.2) is 0 Å². The Labute approximate surface area is 167 Å². The third-order valence-electron chi connectivity index (χ3n) is 4.20.